The predicted octanol–water partition coefficient (Wildman–Crippen LogP) is 4.22. The van der Waals surface area contributed by atoms with Gasteiger partial charge in [-0.15, -0.1) is 22.9 Å². The van der Waals surface area contributed by atoms with Crippen LogP contribution in [0.4, 0.5) is 0 Å². The average molecular weight is 345 g/mol. The van der Waals surface area contributed by atoms with Crippen molar-refractivity contribution in [2.45, 2.75) is 5.38 Å². The molecule has 18 heavy (non-hydrogen) atoms. The Kier molecular flexibility index (Phi) is 4.80. The highest BCUT2D eigenvalue weighted by atomic mass is 79.9. The van der Waals surface area contributed by atoms with E-state index < -0.39 is 0 Å². The molecule has 0 spiro atoms. The number of carbonyl (C=O) groups excluding carboxylic acids is 1. The molecule has 0 aliphatic rings. The molecule has 1 aromatic carbocycles. The smallest absolute Gasteiger partial charge is 0.261 e. The molecule has 2 nitrogen and oxygen atoms in total. The molecule has 0 bridgehead atoms. The zero-order valence-electron chi connectivity index (χ0n) is 9.40. The summed E-state index contributed by atoms with van der Waals surface area (Å²) >= 11 is 11.0. The van der Waals surface area contributed by atoms with Gasteiger partial charge in [-0.25, -0.2) is 0 Å². The summed E-state index contributed by atoms with van der Waals surface area (Å²) in [6, 6.07) is 13.3. The van der Waals surface area contributed by atoms with E-state index in [1.54, 1.807) is 6.07 Å². The van der Waals surface area contributed by atoms with Crippen LogP contribution in [0.15, 0.2) is 46.3 Å². The summed E-state index contributed by atoms with van der Waals surface area (Å²) in [5.41, 5.74) is 1.01. The first kappa shape index (κ1) is 13.6. The molecule has 1 amide bonds. The van der Waals surface area contributed by atoms with Gasteiger partial charge in [-0.05, 0) is 33.6 Å². The van der Waals surface area contributed by atoms with E-state index in [4.69, 9.17) is 11.6 Å². The molecular weight excluding hydrogens is 334 g/mol. The first-order chi connectivity index (χ1) is 8.66. The Balaban J connectivity index is 1.90. The molecule has 0 fully saturated rings. The Morgan fingerprint density at radius 3 is 2.61 bits per heavy atom. The zero-order valence-corrected chi connectivity index (χ0v) is 12.6. The van der Waals surface area contributed by atoms with E-state index in [1.165, 1.54) is 11.3 Å². The van der Waals surface area contributed by atoms with Gasteiger partial charge < -0.3 is 5.32 Å². The molecule has 1 N–H and O–H groups in total. The van der Waals surface area contributed by atoms with E-state index >= 15 is 0 Å². The minimum Gasteiger partial charge on any atom is -0.350 e. The third-order valence-electron chi connectivity index (χ3n) is 2.40. The third kappa shape index (κ3) is 3.57. The molecule has 0 aliphatic carbocycles. The molecule has 0 aliphatic heterocycles. The van der Waals surface area contributed by atoms with Gasteiger partial charge in [0.1, 0.15) is 0 Å². The van der Waals surface area contributed by atoms with Crippen LogP contribution in [-0.4, -0.2) is 12.5 Å². The van der Waals surface area contributed by atoms with Crippen LogP contribution in [-0.2, 0) is 0 Å². The van der Waals surface area contributed by atoms with E-state index in [1.807, 2.05) is 36.4 Å². The largest absolute Gasteiger partial charge is 0.350 e. The number of carbonyl (C=O) groups is 1. The van der Waals surface area contributed by atoms with Gasteiger partial charge in [0.2, 0.25) is 0 Å². The highest BCUT2D eigenvalue weighted by molar-refractivity contribution is 9.11. The Bertz CT molecular complexity index is 529. The zero-order chi connectivity index (χ0) is 13.0. The van der Waals surface area contributed by atoms with Crippen LogP contribution in [0, 0.1) is 0 Å². The monoisotopic (exact) mass is 343 g/mol. The van der Waals surface area contributed by atoms with Gasteiger partial charge in [0.15, 0.2) is 0 Å². The van der Waals surface area contributed by atoms with Crippen molar-refractivity contribution in [3.63, 3.8) is 0 Å². The molecule has 0 saturated heterocycles. The summed E-state index contributed by atoms with van der Waals surface area (Å²) in [5, 5.41) is 2.62. The van der Waals surface area contributed by atoms with E-state index in [0.717, 1.165) is 9.35 Å². The van der Waals surface area contributed by atoms with Gasteiger partial charge in [0.05, 0.1) is 14.0 Å². The topological polar surface area (TPSA) is 29.1 Å². The van der Waals surface area contributed by atoms with Gasteiger partial charge in [-0.2, -0.15) is 0 Å². The van der Waals surface area contributed by atoms with Crippen molar-refractivity contribution >= 4 is 44.8 Å². The lowest BCUT2D eigenvalue weighted by Gasteiger charge is -2.10. The minimum absolute atomic E-state index is 0.0905. The highest BCUT2D eigenvalue weighted by Gasteiger charge is 2.12. The summed E-state index contributed by atoms with van der Waals surface area (Å²) in [7, 11) is 0. The lowest BCUT2D eigenvalue weighted by atomic mass is 10.1. The maximum absolute atomic E-state index is 11.8. The summed E-state index contributed by atoms with van der Waals surface area (Å²) in [5.74, 6) is -0.0905. The first-order valence-electron chi connectivity index (χ1n) is 5.39. The fourth-order valence-corrected chi connectivity index (χ4v) is 3.01. The lowest BCUT2D eigenvalue weighted by molar-refractivity contribution is 0.0957. The molecule has 5 heteroatoms. The van der Waals surface area contributed by atoms with Crippen LogP contribution >= 0.6 is 38.9 Å². The van der Waals surface area contributed by atoms with Gasteiger partial charge in [-0.1, -0.05) is 30.3 Å². The van der Waals surface area contributed by atoms with Crippen LogP contribution in [0.5, 0.6) is 0 Å². The Labute approximate surface area is 123 Å². The van der Waals surface area contributed by atoms with Crippen molar-refractivity contribution in [1.29, 1.82) is 0 Å². The molecule has 0 radical (unpaired) electrons. The molecular formula is C13H11BrClNOS. The molecule has 94 valence electrons. The number of rotatable bonds is 4. The molecule has 1 heterocycles. The van der Waals surface area contributed by atoms with Crippen LogP contribution in [0.3, 0.4) is 0 Å². The predicted molar refractivity (Wildman–Crippen MR) is 79.4 cm³/mol. The summed E-state index contributed by atoms with van der Waals surface area (Å²) in [6.07, 6.45) is 0. The van der Waals surface area contributed by atoms with Gasteiger partial charge >= 0.3 is 0 Å². The molecule has 0 saturated carbocycles. The average Bonchev–Trinajstić information content (AvgIpc) is 2.83. The van der Waals surface area contributed by atoms with Crippen molar-refractivity contribution < 1.29 is 4.79 Å². The van der Waals surface area contributed by atoms with Crippen molar-refractivity contribution in [2.75, 3.05) is 6.54 Å². The second-order valence-corrected chi connectivity index (χ2v) is 6.68. The second kappa shape index (κ2) is 6.36. The Morgan fingerprint density at radius 1 is 1.28 bits per heavy atom. The van der Waals surface area contributed by atoms with Crippen LogP contribution < -0.4 is 5.32 Å². The minimum atomic E-state index is -0.210. The molecule has 1 aromatic heterocycles. The quantitative estimate of drug-likeness (QED) is 0.827. The third-order valence-corrected chi connectivity index (χ3v) is 4.43. The highest BCUT2D eigenvalue weighted by Crippen LogP contribution is 2.23. The summed E-state index contributed by atoms with van der Waals surface area (Å²) in [4.78, 5) is 12.5. The van der Waals surface area contributed by atoms with Crippen LogP contribution in [0.1, 0.15) is 20.6 Å². The fraction of sp³-hybridized carbons (Fsp3) is 0.154. The second-order valence-electron chi connectivity index (χ2n) is 3.69. The molecule has 2 rings (SSSR count). The maximum Gasteiger partial charge on any atom is 0.261 e. The Morgan fingerprint density at radius 2 is 2.00 bits per heavy atom. The van der Waals surface area contributed by atoms with E-state index in [0.29, 0.717) is 11.4 Å². The molecule has 1 atom stereocenters. The van der Waals surface area contributed by atoms with Gasteiger partial charge in [0, 0.05) is 6.54 Å². The lowest BCUT2D eigenvalue weighted by Crippen LogP contribution is -2.26. The van der Waals surface area contributed by atoms with Gasteiger partial charge in [0.25, 0.3) is 5.91 Å². The van der Waals surface area contributed by atoms with Crippen molar-refractivity contribution in [3.8, 4) is 0 Å². The summed E-state index contributed by atoms with van der Waals surface area (Å²) in [6.45, 7) is 0.417. The number of hydrogen-bond donors (Lipinski definition) is 1. The van der Waals surface area contributed by atoms with Crippen LogP contribution in [0.25, 0.3) is 0 Å². The number of nitrogens with one attached hydrogen (secondary N) is 1. The van der Waals surface area contributed by atoms with E-state index in [2.05, 4.69) is 21.2 Å². The van der Waals surface area contributed by atoms with Crippen LogP contribution in [0.2, 0.25) is 0 Å². The maximum atomic E-state index is 11.8. The molecule has 2 aromatic rings. The first-order valence-corrected chi connectivity index (χ1v) is 7.44. The number of alkyl halides is 1. The number of benzene rings is 1. The van der Waals surface area contributed by atoms with Crippen molar-refractivity contribution in [3.05, 3.63) is 56.7 Å². The van der Waals surface area contributed by atoms with Gasteiger partial charge in [-0.3, -0.25) is 4.79 Å². The SMILES string of the molecule is O=C(NCC(Cl)c1ccccc1)c1ccc(Br)s1. The van der Waals surface area contributed by atoms with E-state index in [-0.39, 0.29) is 11.3 Å². The van der Waals surface area contributed by atoms with E-state index in [9.17, 15) is 4.79 Å². The number of halogens is 2. The normalized spacial score (nSPS) is 12.1. The number of thiophene rings is 1. The number of hydrogen-bond acceptors (Lipinski definition) is 2. The molecule has 1 unspecified atom stereocenters. The Hall–Kier alpha value is -0.840. The van der Waals surface area contributed by atoms with Crippen molar-refractivity contribution in [1.82, 2.24) is 5.32 Å². The standard InChI is InChI=1S/C13H11BrClNOS/c14-12-7-6-11(18-12)13(17)16-8-10(15)9-4-2-1-3-5-9/h1-7,10H,8H2,(H,16,17). The number of amides is 1. The fourth-order valence-electron chi connectivity index (χ4n) is 1.49. The summed E-state index contributed by atoms with van der Waals surface area (Å²) < 4.78 is 0.943. The van der Waals surface area contributed by atoms with Crippen molar-refractivity contribution in [2.24, 2.45) is 0 Å².